The molecule has 1 aliphatic rings. The summed E-state index contributed by atoms with van der Waals surface area (Å²) in [5, 5.41) is 9.41. The second kappa shape index (κ2) is 8.06. The van der Waals surface area contributed by atoms with Crippen molar-refractivity contribution in [2.45, 2.75) is 30.2 Å². The number of primary sulfonamides is 1. The van der Waals surface area contributed by atoms with E-state index in [1.807, 2.05) is 30.3 Å². The molecule has 0 saturated carbocycles. The third kappa shape index (κ3) is 4.94. The van der Waals surface area contributed by atoms with Gasteiger partial charge in [0.2, 0.25) is 10.0 Å². The number of benzene rings is 2. The lowest BCUT2D eigenvalue weighted by Gasteiger charge is -2.12. The summed E-state index contributed by atoms with van der Waals surface area (Å²) in [6.07, 6.45) is 0.0919. The normalized spacial score (nSPS) is 16.6. The number of nitrogens with two attached hydrogens (primary N) is 1. The fraction of sp³-hybridized carbons (Fsp3) is 0.300. The minimum Gasteiger partial charge on any atom is -0.290 e. The zero-order valence-corrected chi connectivity index (χ0v) is 17.2. The van der Waals surface area contributed by atoms with Crippen molar-refractivity contribution in [3.8, 4) is 5.69 Å². The first-order chi connectivity index (χ1) is 14.6. The van der Waals surface area contributed by atoms with E-state index in [0.717, 1.165) is 11.6 Å². The number of likely N-dealkylation sites (tertiary alicyclic amines) is 1. The van der Waals surface area contributed by atoms with E-state index in [-0.39, 0.29) is 42.5 Å². The van der Waals surface area contributed by atoms with Crippen LogP contribution in [0.25, 0.3) is 5.69 Å². The summed E-state index contributed by atoms with van der Waals surface area (Å²) < 4.78 is 66.1. The zero-order valence-electron chi connectivity index (χ0n) is 16.4. The number of hydrogen-bond acceptors (Lipinski definition) is 5. The van der Waals surface area contributed by atoms with Crippen molar-refractivity contribution in [1.29, 1.82) is 0 Å². The maximum atomic E-state index is 14.8. The highest BCUT2D eigenvalue weighted by atomic mass is 32.2. The Morgan fingerprint density at radius 3 is 2.48 bits per heavy atom. The van der Waals surface area contributed by atoms with Crippen LogP contribution in [-0.2, 0) is 23.0 Å². The van der Waals surface area contributed by atoms with E-state index in [4.69, 9.17) is 5.14 Å². The first-order valence-corrected chi connectivity index (χ1v) is 11.1. The van der Waals surface area contributed by atoms with E-state index < -0.39 is 21.8 Å². The van der Waals surface area contributed by atoms with E-state index in [0.29, 0.717) is 12.2 Å². The predicted molar refractivity (Wildman–Crippen MR) is 107 cm³/mol. The Hall–Kier alpha value is -2.76. The van der Waals surface area contributed by atoms with Gasteiger partial charge in [-0.3, -0.25) is 4.90 Å². The third-order valence-electron chi connectivity index (χ3n) is 5.01. The van der Waals surface area contributed by atoms with Gasteiger partial charge in [-0.2, -0.15) is 0 Å². The van der Waals surface area contributed by atoms with Crippen LogP contribution in [0, 0.1) is 5.82 Å². The fourth-order valence-corrected chi connectivity index (χ4v) is 4.05. The first-order valence-electron chi connectivity index (χ1n) is 9.52. The maximum absolute atomic E-state index is 14.8. The van der Waals surface area contributed by atoms with Crippen LogP contribution in [0.2, 0.25) is 0 Å². The van der Waals surface area contributed by atoms with E-state index in [1.165, 1.54) is 16.8 Å². The molecule has 1 aromatic heterocycles. The number of nitrogens with zero attached hydrogens (tertiary/aromatic N) is 4. The molecule has 0 unspecified atom stereocenters. The Morgan fingerprint density at radius 2 is 1.87 bits per heavy atom. The molecular formula is C20H20F3N5O2S. The molecule has 1 aliphatic heterocycles. The van der Waals surface area contributed by atoms with E-state index in [1.54, 1.807) is 4.90 Å². The van der Waals surface area contributed by atoms with Crippen LogP contribution < -0.4 is 5.14 Å². The largest absolute Gasteiger partial charge is 0.290 e. The Kier molecular flexibility index (Phi) is 5.58. The van der Waals surface area contributed by atoms with Gasteiger partial charge >= 0.3 is 0 Å². The lowest BCUT2D eigenvalue weighted by molar-refractivity contribution is 0.0113. The summed E-state index contributed by atoms with van der Waals surface area (Å²) in [6.45, 7) is -0.0682. The van der Waals surface area contributed by atoms with Crippen molar-refractivity contribution in [2.75, 3.05) is 13.1 Å². The van der Waals surface area contributed by atoms with Crippen molar-refractivity contribution in [2.24, 2.45) is 5.14 Å². The second-order valence-electron chi connectivity index (χ2n) is 7.49. The summed E-state index contributed by atoms with van der Waals surface area (Å²) >= 11 is 0. The van der Waals surface area contributed by atoms with Crippen LogP contribution in [0.15, 0.2) is 53.4 Å². The van der Waals surface area contributed by atoms with Crippen LogP contribution in [0.1, 0.15) is 23.6 Å². The number of alkyl halides is 2. The maximum Gasteiger partial charge on any atom is 0.261 e. The topological polar surface area (TPSA) is 94.1 Å². The molecule has 0 amide bonds. The molecule has 0 aliphatic carbocycles. The second-order valence-corrected chi connectivity index (χ2v) is 9.05. The number of hydrogen-bond donors (Lipinski definition) is 1. The summed E-state index contributed by atoms with van der Waals surface area (Å²) in [5.74, 6) is -2.91. The molecule has 2 N–H and O–H groups in total. The van der Waals surface area contributed by atoms with Gasteiger partial charge in [0.05, 0.1) is 18.0 Å². The molecule has 1 saturated heterocycles. The van der Waals surface area contributed by atoms with E-state index >= 15 is 0 Å². The monoisotopic (exact) mass is 451 g/mol. The summed E-state index contributed by atoms with van der Waals surface area (Å²) in [7, 11) is -4.07. The first kappa shape index (κ1) is 21.5. The van der Waals surface area contributed by atoms with Gasteiger partial charge in [0.15, 0.2) is 5.82 Å². The van der Waals surface area contributed by atoms with Crippen molar-refractivity contribution in [3.05, 3.63) is 71.6 Å². The van der Waals surface area contributed by atoms with Crippen molar-refractivity contribution >= 4 is 10.0 Å². The van der Waals surface area contributed by atoms with Gasteiger partial charge in [-0.25, -0.2) is 36.4 Å². The Balaban J connectivity index is 1.70. The van der Waals surface area contributed by atoms with Gasteiger partial charge < -0.3 is 0 Å². The van der Waals surface area contributed by atoms with E-state index in [9.17, 15) is 21.6 Å². The lowest BCUT2D eigenvalue weighted by atomic mass is 10.1. The Morgan fingerprint density at radius 1 is 1.13 bits per heavy atom. The van der Waals surface area contributed by atoms with Gasteiger partial charge in [-0.05, 0) is 23.8 Å². The van der Waals surface area contributed by atoms with Gasteiger partial charge in [0.25, 0.3) is 5.92 Å². The molecule has 11 heteroatoms. The number of aromatic nitrogens is 3. The van der Waals surface area contributed by atoms with Gasteiger partial charge in [0.1, 0.15) is 17.3 Å². The molecule has 3 aromatic rings. The number of halogens is 3. The highest BCUT2D eigenvalue weighted by molar-refractivity contribution is 7.89. The van der Waals surface area contributed by atoms with Gasteiger partial charge in [-0.1, -0.05) is 30.3 Å². The van der Waals surface area contributed by atoms with Crippen LogP contribution in [-0.4, -0.2) is 47.1 Å². The molecule has 7 nitrogen and oxygen atoms in total. The van der Waals surface area contributed by atoms with Crippen LogP contribution in [0.4, 0.5) is 13.2 Å². The van der Waals surface area contributed by atoms with Gasteiger partial charge in [0, 0.05) is 19.4 Å². The SMILES string of the molecule is NS(=O)(=O)c1ccc(-n2nc(CN3CCC(F)(F)C3)nc2Cc2ccccc2)c(F)c1. The molecule has 4 rings (SSSR count). The smallest absolute Gasteiger partial charge is 0.261 e. The zero-order chi connectivity index (χ0) is 22.2. The molecule has 0 atom stereocenters. The number of sulfonamides is 1. The van der Waals surface area contributed by atoms with Crippen molar-refractivity contribution in [3.63, 3.8) is 0 Å². The molecule has 164 valence electrons. The van der Waals surface area contributed by atoms with Crippen LogP contribution >= 0.6 is 0 Å². The highest BCUT2D eigenvalue weighted by Crippen LogP contribution is 2.28. The third-order valence-corrected chi connectivity index (χ3v) is 5.92. The fourth-order valence-electron chi connectivity index (χ4n) is 3.52. The summed E-state index contributed by atoms with van der Waals surface area (Å²) in [4.78, 5) is 5.65. The van der Waals surface area contributed by atoms with Crippen LogP contribution in [0.3, 0.4) is 0 Å². The summed E-state index contributed by atoms with van der Waals surface area (Å²) in [6, 6.07) is 12.6. The standard InChI is InChI=1S/C20H20F3N5O2S/c21-16-11-15(31(24,29)30)6-7-17(16)28-19(10-14-4-2-1-3-5-14)25-18(26-28)12-27-9-8-20(22,23)13-27/h1-7,11H,8-10,12-13H2,(H2,24,29,30). The minimum absolute atomic E-state index is 0.0103. The molecular weight excluding hydrogens is 431 g/mol. The molecule has 0 bridgehead atoms. The minimum atomic E-state index is -4.07. The molecule has 31 heavy (non-hydrogen) atoms. The Labute approximate surface area is 177 Å². The Bertz CT molecular complexity index is 1200. The quantitative estimate of drug-likeness (QED) is 0.622. The van der Waals surface area contributed by atoms with Crippen molar-refractivity contribution < 1.29 is 21.6 Å². The summed E-state index contributed by atoms with van der Waals surface area (Å²) in [5.41, 5.74) is 0.890. The average Bonchev–Trinajstić information content (AvgIpc) is 3.24. The molecule has 0 spiro atoms. The molecule has 2 heterocycles. The van der Waals surface area contributed by atoms with E-state index in [2.05, 4.69) is 10.1 Å². The van der Waals surface area contributed by atoms with Gasteiger partial charge in [-0.15, -0.1) is 5.10 Å². The molecule has 1 fully saturated rings. The molecule has 2 aromatic carbocycles. The average molecular weight is 451 g/mol. The highest BCUT2D eigenvalue weighted by Gasteiger charge is 2.38. The molecule has 0 radical (unpaired) electrons. The van der Waals surface area contributed by atoms with Crippen molar-refractivity contribution in [1.82, 2.24) is 19.7 Å². The van der Waals surface area contributed by atoms with Crippen LogP contribution in [0.5, 0.6) is 0 Å². The lowest BCUT2D eigenvalue weighted by Crippen LogP contribution is -2.25. The predicted octanol–water partition coefficient (Wildman–Crippen LogP) is 2.49. The number of rotatable bonds is 6.